The van der Waals surface area contributed by atoms with E-state index >= 15 is 0 Å². The van der Waals surface area contributed by atoms with Crippen molar-refractivity contribution in [2.45, 2.75) is 13.8 Å². The first-order valence-corrected chi connectivity index (χ1v) is 9.60. The van der Waals surface area contributed by atoms with Crippen LogP contribution >= 0.6 is 11.8 Å². The van der Waals surface area contributed by atoms with E-state index in [1.165, 1.54) is 11.8 Å². The van der Waals surface area contributed by atoms with Crippen LogP contribution in [0.1, 0.15) is 18.1 Å². The fraction of sp³-hybridized carbons (Fsp3) is 0.190. The molecule has 1 aliphatic rings. The Hall–Kier alpha value is -3.06. The second kappa shape index (κ2) is 9.23. The number of aliphatic imine (C=N–C) groups is 1. The Balaban J connectivity index is 1.64. The van der Waals surface area contributed by atoms with Crippen LogP contribution in [-0.4, -0.2) is 30.3 Å². The van der Waals surface area contributed by atoms with Gasteiger partial charge in [-0.15, -0.1) is 0 Å². The van der Waals surface area contributed by atoms with Crippen LogP contribution in [0.3, 0.4) is 0 Å². The molecule has 2 aromatic carbocycles. The second-order valence-corrected chi connectivity index (χ2v) is 7.01. The second-order valence-electron chi connectivity index (χ2n) is 5.98. The predicted molar refractivity (Wildman–Crippen MR) is 111 cm³/mol. The number of carbonyl (C=O) groups excluding carboxylic acids is 2. The van der Waals surface area contributed by atoms with Gasteiger partial charge in [-0.05, 0) is 61.5 Å². The monoisotopic (exact) mass is 396 g/mol. The zero-order valence-electron chi connectivity index (χ0n) is 15.6. The van der Waals surface area contributed by atoms with Crippen molar-refractivity contribution in [2.75, 3.05) is 13.2 Å². The highest BCUT2D eigenvalue weighted by Crippen LogP contribution is 2.28. The molecule has 28 heavy (non-hydrogen) atoms. The van der Waals surface area contributed by atoms with Gasteiger partial charge >= 0.3 is 5.97 Å². The minimum Gasteiger partial charge on any atom is -0.482 e. The number of hydrogen-bond acceptors (Lipinski definition) is 6. The molecular formula is C21H20N2O4S. The third-order valence-corrected chi connectivity index (χ3v) is 4.67. The van der Waals surface area contributed by atoms with Crippen LogP contribution in [0.15, 0.2) is 58.4 Å². The van der Waals surface area contributed by atoms with E-state index in [9.17, 15) is 9.59 Å². The van der Waals surface area contributed by atoms with Crippen molar-refractivity contribution in [1.29, 1.82) is 0 Å². The zero-order valence-corrected chi connectivity index (χ0v) is 16.4. The first-order valence-electron chi connectivity index (χ1n) is 8.78. The molecule has 0 unspecified atom stereocenters. The molecule has 0 radical (unpaired) electrons. The van der Waals surface area contributed by atoms with E-state index in [0.717, 1.165) is 16.8 Å². The van der Waals surface area contributed by atoms with Gasteiger partial charge in [0.25, 0.3) is 5.91 Å². The number of nitrogens with zero attached hydrogens (tertiary/aromatic N) is 1. The summed E-state index contributed by atoms with van der Waals surface area (Å²) in [7, 11) is 0. The SMILES string of the molecule is CCOC(=O)COc1ccc(/C=C2/SC(=Nc3ccc(C)cc3)NC2=O)cc1. The van der Waals surface area contributed by atoms with Crippen molar-refractivity contribution in [3.8, 4) is 5.75 Å². The summed E-state index contributed by atoms with van der Waals surface area (Å²) in [5.41, 5.74) is 2.79. The lowest BCUT2D eigenvalue weighted by atomic mass is 10.2. The summed E-state index contributed by atoms with van der Waals surface area (Å²) in [6.07, 6.45) is 1.78. The molecule has 1 amide bonds. The fourth-order valence-corrected chi connectivity index (χ4v) is 3.22. The molecule has 1 aliphatic heterocycles. The summed E-state index contributed by atoms with van der Waals surface area (Å²) >= 11 is 1.29. The molecular weight excluding hydrogens is 376 g/mol. The topological polar surface area (TPSA) is 77.0 Å². The van der Waals surface area contributed by atoms with Gasteiger partial charge < -0.3 is 14.8 Å². The van der Waals surface area contributed by atoms with Crippen molar-refractivity contribution >= 4 is 40.6 Å². The molecule has 0 saturated carbocycles. The van der Waals surface area contributed by atoms with Crippen LogP contribution in [0, 0.1) is 6.92 Å². The fourth-order valence-electron chi connectivity index (χ4n) is 2.37. The van der Waals surface area contributed by atoms with Crippen LogP contribution in [0.25, 0.3) is 6.08 Å². The third kappa shape index (κ3) is 5.47. The summed E-state index contributed by atoms with van der Waals surface area (Å²) in [5.74, 6) is -0.0352. The molecule has 1 heterocycles. The first-order chi connectivity index (χ1) is 13.5. The van der Waals surface area contributed by atoms with Crippen LogP contribution in [-0.2, 0) is 14.3 Å². The number of aryl methyl sites for hydroxylation is 1. The highest BCUT2D eigenvalue weighted by molar-refractivity contribution is 8.18. The molecule has 144 valence electrons. The van der Waals surface area contributed by atoms with Gasteiger partial charge in [-0.1, -0.05) is 29.8 Å². The van der Waals surface area contributed by atoms with Crippen LogP contribution in [0.5, 0.6) is 5.75 Å². The molecule has 1 N–H and O–H groups in total. The van der Waals surface area contributed by atoms with Gasteiger partial charge in [-0.3, -0.25) is 4.79 Å². The smallest absolute Gasteiger partial charge is 0.344 e. The Morgan fingerprint density at radius 1 is 1.14 bits per heavy atom. The van der Waals surface area contributed by atoms with E-state index in [4.69, 9.17) is 9.47 Å². The standard InChI is InChI=1S/C21H20N2O4S/c1-3-26-19(24)13-27-17-10-6-15(7-11-17)12-18-20(25)23-21(28-18)22-16-8-4-14(2)5-9-16/h4-12H,3,13H2,1-2H3,(H,22,23,25)/b18-12+. The van der Waals surface area contributed by atoms with Gasteiger partial charge in [0.15, 0.2) is 11.8 Å². The Kier molecular flexibility index (Phi) is 6.49. The van der Waals surface area contributed by atoms with Gasteiger partial charge in [-0.2, -0.15) is 0 Å². The van der Waals surface area contributed by atoms with Gasteiger partial charge in [0.1, 0.15) is 5.75 Å². The Labute approximate surface area is 167 Å². The largest absolute Gasteiger partial charge is 0.482 e. The average Bonchev–Trinajstić information content (AvgIpc) is 3.02. The number of nitrogens with one attached hydrogen (secondary N) is 1. The van der Waals surface area contributed by atoms with E-state index in [1.807, 2.05) is 43.3 Å². The number of hydrogen-bond donors (Lipinski definition) is 1. The molecule has 0 bridgehead atoms. The molecule has 2 aromatic rings. The lowest BCUT2D eigenvalue weighted by molar-refractivity contribution is -0.145. The highest BCUT2D eigenvalue weighted by atomic mass is 32.2. The number of carbonyl (C=O) groups is 2. The van der Waals surface area contributed by atoms with Crippen molar-refractivity contribution in [3.63, 3.8) is 0 Å². The molecule has 1 fully saturated rings. The predicted octanol–water partition coefficient (Wildman–Crippen LogP) is 3.83. The molecule has 0 aromatic heterocycles. The maximum absolute atomic E-state index is 12.2. The maximum Gasteiger partial charge on any atom is 0.344 e. The van der Waals surface area contributed by atoms with Crippen molar-refractivity contribution < 1.29 is 19.1 Å². The minimum absolute atomic E-state index is 0.134. The quantitative estimate of drug-likeness (QED) is 0.593. The van der Waals surface area contributed by atoms with Crippen LogP contribution in [0.4, 0.5) is 5.69 Å². The van der Waals surface area contributed by atoms with Gasteiger partial charge in [0.05, 0.1) is 17.2 Å². The number of thioether (sulfide) groups is 1. The van der Waals surface area contributed by atoms with Crippen molar-refractivity contribution in [3.05, 3.63) is 64.6 Å². The molecule has 7 heteroatoms. The maximum atomic E-state index is 12.2. The molecule has 1 saturated heterocycles. The van der Waals surface area contributed by atoms with E-state index in [-0.39, 0.29) is 12.5 Å². The molecule has 0 atom stereocenters. The Bertz CT molecular complexity index is 918. The summed E-state index contributed by atoms with van der Waals surface area (Å²) < 4.78 is 10.2. The summed E-state index contributed by atoms with van der Waals surface area (Å²) in [6, 6.07) is 14.9. The highest BCUT2D eigenvalue weighted by Gasteiger charge is 2.23. The number of rotatable bonds is 6. The van der Waals surface area contributed by atoms with Gasteiger partial charge in [0, 0.05) is 0 Å². The van der Waals surface area contributed by atoms with E-state index in [2.05, 4.69) is 10.3 Å². The number of ether oxygens (including phenoxy) is 2. The average molecular weight is 396 g/mol. The summed E-state index contributed by atoms with van der Waals surface area (Å²) in [5, 5.41) is 3.32. The summed E-state index contributed by atoms with van der Waals surface area (Å²) in [4.78, 5) is 28.5. The molecule has 0 spiro atoms. The lowest BCUT2D eigenvalue weighted by Gasteiger charge is -2.05. The van der Waals surface area contributed by atoms with Gasteiger partial charge in [-0.25, -0.2) is 9.79 Å². The van der Waals surface area contributed by atoms with Crippen molar-refractivity contribution in [2.24, 2.45) is 4.99 Å². The number of benzene rings is 2. The number of amides is 1. The van der Waals surface area contributed by atoms with Crippen LogP contribution in [0.2, 0.25) is 0 Å². The number of amidine groups is 1. The van der Waals surface area contributed by atoms with E-state index < -0.39 is 5.97 Å². The lowest BCUT2D eigenvalue weighted by Crippen LogP contribution is -2.19. The zero-order chi connectivity index (χ0) is 19.9. The first kappa shape index (κ1) is 19.7. The Morgan fingerprint density at radius 2 is 1.86 bits per heavy atom. The minimum atomic E-state index is -0.409. The molecule has 3 rings (SSSR count). The van der Waals surface area contributed by atoms with E-state index in [0.29, 0.717) is 22.4 Å². The Morgan fingerprint density at radius 3 is 2.54 bits per heavy atom. The van der Waals surface area contributed by atoms with Gasteiger partial charge in [0.2, 0.25) is 0 Å². The number of esters is 1. The van der Waals surface area contributed by atoms with Crippen molar-refractivity contribution in [1.82, 2.24) is 5.32 Å². The summed E-state index contributed by atoms with van der Waals surface area (Å²) in [6.45, 7) is 3.94. The molecule has 0 aliphatic carbocycles. The molecule has 6 nitrogen and oxygen atoms in total. The normalized spacial score (nSPS) is 16.3. The van der Waals surface area contributed by atoms with E-state index in [1.54, 1.807) is 25.1 Å². The third-order valence-electron chi connectivity index (χ3n) is 3.76. The van der Waals surface area contributed by atoms with Crippen LogP contribution < -0.4 is 10.1 Å².